The molecule has 0 aliphatic carbocycles. The zero-order valence-electron chi connectivity index (χ0n) is 13.3. The van der Waals surface area contributed by atoms with Crippen molar-refractivity contribution in [2.75, 3.05) is 22.9 Å². The summed E-state index contributed by atoms with van der Waals surface area (Å²) in [6.07, 6.45) is -0.832. The maximum atomic E-state index is 13.0. The highest BCUT2D eigenvalue weighted by Gasteiger charge is 2.45. The lowest BCUT2D eigenvalue weighted by atomic mass is 10.2. The molecule has 2 aliphatic heterocycles. The Hall–Kier alpha value is -2.56. The van der Waals surface area contributed by atoms with Crippen LogP contribution in [0.15, 0.2) is 24.7 Å². The van der Waals surface area contributed by atoms with Crippen LogP contribution in [0.1, 0.15) is 12.0 Å². The molecule has 2 fully saturated rings. The quantitative estimate of drug-likeness (QED) is 0.677. The second kappa shape index (κ2) is 5.47. The first-order valence-corrected chi connectivity index (χ1v) is 8.73. The lowest BCUT2D eigenvalue weighted by Crippen LogP contribution is -2.47. The van der Waals surface area contributed by atoms with E-state index in [1.165, 1.54) is 12.5 Å². The Morgan fingerprint density at radius 1 is 1.04 bits per heavy atom. The average molecular weight is 379 g/mol. The molecular formula is C15H12F3N7S. The molecule has 0 radical (unpaired) electrons. The molecular weight excluding hydrogens is 367 g/mol. The monoisotopic (exact) mass is 379 g/mol. The summed E-state index contributed by atoms with van der Waals surface area (Å²) in [6, 6.07) is 2.36. The van der Waals surface area contributed by atoms with E-state index in [1.54, 1.807) is 0 Å². The molecule has 0 saturated carbocycles. The zero-order valence-corrected chi connectivity index (χ0v) is 14.1. The van der Waals surface area contributed by atoms with Gasteiger partial charge >= 0.3 is 6.18 Å². The number of alkyl halides is 3. The molecule has 0 aromatic carbocycles. The van der Waals surface area contributed by atoms with Crippen molar-refractivity contribution >= 4 is 34.5 Å². The van der Waals surface area contributed by atoms with Gasteiger partial charge in [-0.25, -0.2) is 15.0 Å². The molecule has 0 amide bonds. The van der Waals surface area contributed by atoms with E-state index >= 15 is 0 Å². The SMILES string of the molecule is FC(F)(F)c1ccnc(N2C[C@@H]3C[C@H]2CN3c2ncnc3nsnc23)c1. The van der Waals surface area contributed by atoms with Gasteiger partial charge in [0.05, 0.1) is 29.4 Å². The van der Waals surface area contributed by atoms with Crippen LogP contribution in [-0.4, -0.2) is 48.9 Å². The summed E-state index contributed by atoms with van der Waals surface area (Å²) in [7, 11) is 0. The van der Waals surface area contributed by atoms with Crippen LogP contribution in [0, 0.1) is 0 Å². The first-order chi connectivity index (χ1) is 12.5. The van der Waals surface area contributed by atoms with Crippen molar-refractivity contribution in [3.63, 3.8) is 0 Å². The Balaban J connectivity index is 1.42. The van der Waals surface area contributed by atoms with Gasteiger partial charge < -0.3 is 9.80 Å². The molecule has 2 saturated heterocycles. The topological polar surface area (TPSA) is 70.9 Å². The van der Waals surface area contributed by atoms with Gasteiger partial charge in [-0.15, -0.1) is 0 Å². The van der Waals surface area contributed by atoms with Crippen LogP contribution in [0.4, 0.5) is 24.8 Å². The standard InChI is InChI=1S/C15H12F3N7S/c16-15(17,18)8-1-2-19-11(3-8)24-5-10-4-9(24)6-25(10)14-12-13(20-7-21-14)23-26-22-12/h1-3,7,9-10H,4-6H2/t9-,10-/m0/s1. The van der Waals surface area contributed by atoms with Gasteiger partial charge in [0, 0.05) is 19.3 Å². The van der Waals surface area contributed by atoms with Gasteiger partial charge in [-0.1, -0.05) is 0 Å². The second-order valence-corrected chi connectivity index (χ2v) is 6.91. The van der Waals surface area contributed by atoms with Gasteiger partial charge in [-0.3, -0.25) is 0 Å². The maximum absolute atomic E-state index is 13.0. The predicted molar refractivity (Wildman–Crippen MR) is 89.1 cm³/mol. The molecule has 0 N–H and O–H groups in total. The van der Waals surface area contributed by atoms with Crippen LogP contribution >= 0.6 is 11.7 Å². The van der Waals surface area contributed by atoms with E-state index in [9.17, 15) is 13.2 Å². The highest BCUT2D eigenvalue weighted by molar-refractivity contribution is 7.00. The van der Waals surface area contributed by atoms with E-state index in [4.69, 9.17) is 0 Å². The molecule has 2 bridgehead atoms. The molecule has 7 nitrogen and oxygen atoms in total. The minimum absolute atomic E-state index is 0.0904. The fourth-order valence-corrected chi connectivity index (χ4v) is 4.27. The highest BCUT2D eigenvalue weighted by Crippen LogP contribution is 2.39. The van der Waals surface area contributed by atoms with Crippen molar-refractivity contribution in [3.8, 4) is 0 Å². The summed E-state index contributed by atoms with van der Waals surface area (Å²) in [5, 5.41) is 0. The van der Waals surface area contributed by atoms with Gasteiger partial charge in [0.1, 0.15) is 12.1 Å². The molecule has 26 heavy (non-hydrogen) atoms. The molecule has 3 aromatic rings. The van der Waals surface area contributed by atoms with E-state index in [2.05, 4.69) is 28.6 Å². The summed E-state index contributed by atoms with van der Waals surface area (Å²) in [4.78, 5) is 16.7. The van der Waals surface area contributed by atoms with Crippen LogP contribution in [0.2, 0.25) is 0 Å². The number of aromatic nitrogens is 5. The molecule has 3 aromatic heterocycles. The van der Waals surface area contributed by atoms with Crippen LogP contribution in [0.5, 0.6) is 0 Å². The summed E-state index contributed by atoms with van der Waals surface area (Å²) < 4.78 is 47.3. The fourth-order valence-electron chi connectivity index (χ4n) is 3.78. The molecule has 134 valence electrons. The Labute approximate surface area is 149 Å². The lowest BCUT2D eigenvalue weighted by molar-refractivity contribution is -0.137. The predicted octanol–water partition coefficient (Wildman–Crippen LogP) is 2.36. The van der Waals surface area contributed by atoms with E-state index in [0.29, 0.717) is 30.1 Å². The van der Waals surface area contributed by atoms with Crippen molar-refractivity contribution in [3.05, 3.63) is 30.2 Å². The molecule has 0 spiro atoms. The molecule has 0 unspecified atom stereocenters. The number of hydrogen-bond donors (Lipinski definition) is 0. The number of fused-ring (bicyclic) bond motifs is 3. The second-order valence-electron chi connectivity index (χ2n) is 6.38. The Morgan fingerprint density at radius 2 is 1.85 bits per heavy atom. The number of nitrogens with zero attached hydrogens (tertiary/aromatic N) is 7. The fraction of sp³-hybridized carbons (Fsp3) is 0.400. The largest absolute Gasteiger partial charge is 0.416 e. The van der Waals surface area contributed by atoms with Gasteiger partial charge in [0.25, 0.3) is 0 Å². The van der Waals surface area contributed by atoms with Crippen molar-refractivity contribution in [1.29, 1.82) is 0 Å². The van der Waals surface area contributed by atoms with Gasteiger partial charge in [0.15, 0.2) is 17.0 Å². The molecule has 5 rings (SSSR count). The summed E-state index contributed by atoms with van der Waals surface area (Å²) >= 11 is 1.09. The molecule has 5 heterocycles. The van der Waals surface area contributed by atoms with E-state index in [-0.39, 0.29) is 12.1 Å². The number of halogens is 3. The van der Waals surface area contributed by atoms with Crippen molar-refractivity contribution in [2.45, 2.75) is 24.7 Å². The highest BCUT2D eigenvalue weighted by atomic mass is 32.1. The van der Waals surface area contributed by atoms with Crippen molar-refractivity contribution in [2.24, 2.45) is 0 Å². The minimum Gasteiger partial charge on any atom is -0.350 e. The minimum atomic E-state index is -4.37. The number of rotatable bonds is 2. The Kier molecular flexibility index (Phi) is 3.30. The lowest BCUT2D eigenvalue weighted by Gasteiger charge is -2.35. The molecule has 2 atom stereocenters. The number of pyridine rings is 1. The van der Waals surface area contributed by atoms with Crippen LogP contribution in [-0.2, 0) is 6.18 Å². The van der Waals surface area contributed by atoms with Crippen molar-refractivity contribution in [1.82, 2.24) is 23.7 Å². The summed E-state index contributed by atoms with van der Waals surface area (Å²) in [5.41, 5.74) is 0.571. The first kappa shape index (κ1) is 15.7. The van der Waals surface area contributed by atoms with Crippen molar-refractivity contribution < 1.29 is 13.2 Å². The van der Waals surface area contributed by atoms with Crippen LogP contribution in [0.3, 0.4) is 0 Å². The smallest absolute Gasteiger partial charge is 0.350 e. The van der Waals surface area contributed by atoms with Gasteiger partial charge in [-0.05, 0) is 18.6 Å². The molecule has 11 heteroatoms. The third kappa shape index (κ3) is 2.37. The van der Waals surface area contributed by atoms with E-state index in [1.807, 2.05) is 4.90 Å². The Bertz CT molecular complexity index is 975. The van der Waals surface area contributed by atoms with Crippen LogP contribution in [0.25, 0.3) is 11.2 Å². The third-order valence-corrected chi connectivity index (χ3v) is 5.44. The average Bonchev–Trinajstić information content (AvgIpc) is 3.35. The number of hydrogen-bond acceptors (Lipinski definition) is 8. The summed E-state index contributed by atoms with van der Waals surface area (Å²) in [5.74, 6) is 1.11. The number of anilines is 2. The number of piperazine rings is 1. The molecule has 2 aliphatic rings. The maximum Gasteiger partial charge on any atom is 0.416 e. The normalized spacial score (nSPS) is 22.6. The third-order valence-electron chi connectivity index (χ3n) is 4.92. The van der Waals surface area contributed by atoms with Gasteiger partial charge in [0.2, 0.25) is 0 Å². The van der Waals surface area contributed by atoms with E-state index < -0.39 is 11.7 Å². The van der Waals surface area contributed by atoms with E-state index in [0.717, 1.165) is 36.1 Å². The Morgan fingerprint density at radius 3 is 2.62 bits per heavy atom. The van der Waals surface area contributed by atoms with Crippen LogP contribution < -0.4 is 9.80 Å². The summed E-state index contributed by atoms with van der Waals surface area (Å²) in [6.45, 7) is 1.26. The first-order valence-electron chi connectivity index (χ1n) is 8.00. The zero-order chi connectivity index (χ0) is 17.9. The van der Waals surface area contributed by atoms with Gasteiger partial charge in [-0.2, -0.15) is 21.9 Å².